The lowest BCUT2D eigenvalue weighted by Gasteiger charge is -2.23. The van der Waals surface area contributed by atoms with Crippen LogP contribution in [0.3, 0.4) is 0 Å². The molecular weight excluding hydrogens is 370 g/mol. The Bertz CT molecular complexity index is 1100. The monoisotopic (exact) mass is 384 g/mol. The Morgan fingerprint density at radius 1 is 1.21 bits per heavy atom. The summed E-state index contributed by atoms with van der Waals surface area (Å²) in [6.45, 7) is 1.63. The summed E-state index contributed by atoms with van der Waals surface area (Å²) >= 11 is 0. The zero-order valence-electron chi connectivity index (χ0n) is 14.6. The highest BCUT2D eigenvalue weighted by Gasteiger charge is 2.24. The topological polar surface area (TPSA) is 85.2 Å². The number of aromatic nitrogens is 2. The maximum atomic E-state index is 13.9. The molecule has 0 saturated heterocycles. The molecule has 4 rings (SSSR count). The van der Waals surface area contributed by atoms with E-state index in [1.165, 1.54) is 18.3 Å². The Kier molecular flexibility index (Phi) is 4.26. The van der Waals surface area contributed by atoms with E-state index in [2.05, 4.69) is 15.7 Å². The highest BCUT2D eigenvalue weighted by molar-refractivity contribution is 6.04. The van der Waals surface area contributed by atoms with Gasteiger partial charge in [-0.2, -0.15) is 5.10 Å². The number of ether oxygens (including phenoxy) is 1. The molecule has 3 aromatic rings. The second-order valence-corrected chi connectivity index (χ2v) is 6.16. The van der Waals surface area contributed by atoms with E-state index in [1.54, 1.807) is 25.1 Å². The summed E-state index contributed by atoms with van der Waals surface area (Å²) in [5, 5.41) is 9.36. The summed E-state index contributed by atoms with van der Waals surface area (Å²) in [7, 11) is 0. The van der Waals surface area contributed by atoms with E-state index in [4.69, 9.17) is 4.74 Å². The largest absolute Gasteiger partial charge is 0.479 e. The van der Waals surface area contributed by atoms with Crippen molar-refractivity contribution >= 4 is 23.2 Å². The Morgan fingerprint density at radius 3 is 2.82 bits per heavy atom. The molecule has 1 aromatic heterocycles. The molecule has 2 aromatic carbocycles. The summed E-state index contributed by atoms with van der Waals surface area (Å²) in [4.78, 5) is 24.1. The van der Waals surface area contributed by atoms with Gasteiger partial charge in [0.05, 0.1) is 5.69 Å². The van der Waals surface area contributed by atoms with Gasteiger partial charge < -0.3 is 15.4 Å². The summed E-state index contributed by atoms with van der Waals surface area (Å²) < 4.78 is 33.5. The normalized spacial score (nSPS) is 15.4. The number of amides is 2. The minimum Gasteiger partial charge on any atom is -0.479 e. The molecule has 9 heteroatoms. The number of nitrogens with one attached hydrogen (secondary N) is 2. The standard InChI is InChI=1S/C19H14F2N4O3/c1-10-18(26)23-15-9-12(3-5-17(15)28-10)22-19(27)14-6-7-25(24-14)16-4-2-11(20)8-13(16)21/h2-10H,1H3,(H,22,27)(H,23,26)/t10-/m1/s1. The van der Waals surface area contributed by atoms with E-state index in [9.17, 15) is 18.4 Å². The molecule has 2 N–H and O–H groups in total. The highest BCUT2D eigenvalue weighted by Crippen LogP contribution is 2.32. The first-order valence-corrected chi connectivity index (χ1v) is 8.35. The van der Waals surface area contributed by atoms with Crippen LogP contribution in [0.4, 0.5) is 20.2 Å². The van der Waals surface area contributed by atoms with Crippen LogP contribution in [-0.2, 0) is 4.79 Å². The van der Waals surface area contributed by atoms with E-state index in [0.29, 0.717) is 17.1 Å². The molecular formula is C19H14F2N4O3. The van der Waals surface area contributed by atoms with Gasteiger partial charge in [0, 0.05) is 18.0 Å². The SMILES string of the molecule is C[C@H]1Oc2ccc(NC(=O)c3ccn(-c4ccc(F)cc4F)n3)cc2NC1=O. The molecule has 0 saturated carbocycles. The van der Waals surface area contributed by atoms with Gasteiger partial charge >= 0.3 is 0 Å². The molecule has 1 aliphatic heterocycles. The third-order valence-electron chi connectivity index (χ3n) is 4.15. The van der Waals surface area contributed by atoms with Gasteiger partial charge in [0.15, 0.2) is 17.6 Å². The van der Waals surface area contributed by atoms with Crippen molar-refractivity contribution in [3.63, 3.8) is 0 Å². The summed E-state index contributed by atoms with van der Waals surface area (Å²) in [6.07, 6.45) is 0.803. The molecule has 0 fully saturated rings. The van der Waals surface area contributed by atoms with E-state index >= 15 is 0 Å². The minimum absolute atomic E-state index is 0.0169. The third-order valence-corrected chi connectivity index (χ3v) is 4.15. The fourth-order valence-electron chi connectivity index (χ4n) is 2.73. The predicted octanol–water partition coefficient (Wildman–Crippen LogP) is 3.12. The van der Waals surface area contributed by atoms with Crippen LogP contribution in [0.2, 0.25) is 0 Å². The lowest BCUT2D eigenvalue weighted by molar-refractivity contribution is -0.122. The second kappa shape index (κ2) is 6.76. The summed E-state index contributed by atoms with van der Waals surface area (Å²) in [6, 6.07) is 9.29. The van der Waals surface area contributed by atoms with Crippen molar-refractivity contribution < 1.29 is 23.1 Å². The molecule has 142 valence electrons. The first-order valence-electron chi connectivity index (χ1n) is 8.35. The molecule has 1 aliphatic rings. The molecule has 7 nitrogen and oxygen atoms in total. The van der Waals surface area contributed by atoms with Crippen LogP contribution in [0.5, 0.6) is 5.75 Å². The Morgan fingerprint density at radius 2 is 2.04 bits per heavy atom. The molecule has 28 heavy (non-hydrogen) atoms. The van der Waals surface area contributed by atoms with Gasteiger partial charge in [-0.05, 0) is 43.3 Å². The van der Waals surface area contributed by atoms with Crippen molar-refractivity contribution in [2.24, 2.45) is 0 Å². The highest BCUT2D eigenvalue weighted by atomic mass is 19.1. The van der Waals surface area contributed by atoms with Crippen molar-refractivity contribution in [1.29, 1.82) is 0 Å². The smallest absolute Gasteiger partial charge is 0.276 e. The van der Waals surface area contributed by atoms with Crippen LogP contribution in [0.1, 0.15) is 17.4 Å². The third kappa shape index (κ3) is 3.29. The molecule has 2 amide bonds. The van der Waals surface area contributed by atoms with Crippen LogP contribution >= 0.6 is 0 Å². The van der Waals surface area contributed by atoms with Crippen LogP contribution in [0.25, 0.3) is 5.69 Å². The van der Waals surface area contributed by atoms with Gasteiger partial charge in [-0.15, -0.1) is 0 Å². The van der Waals surface area contributed by atoms with Crippen LogP contribution in [0, 0.1) is 11.6 Å². The summed E-state index contributed by atoms with van der Waals surface area (Å²) in [5.74, 6) is -1.81. The number of hydrogen-bond donors (Lipinski definition) is 2. The molecule has 2 heterocycles. The number of fused-ring (bicyclic) bond motifs is 1. The maximum absolute atomic E-state index is 13.9. The number of anilines is 2. The fraction of sp³-hybridized carbons (Fsp3) is 0.105. The molecule has 0 radical (unpaired) electrons. The number of carbonyl (C=O) groups excluding carboxylic acids is 2. The lowest BCUT2D eigenvalue weighted by Crippen LogP contribution is -2.34. The van der Waals surface area contributed by atoms with Gasteiger partial charge in [-0.3, -0.25) is 9.59 Å². The van der Waals surface area contributed by atoms with Gasteiger partial charge in [0.1, 0.15) is 17.3 Å². The van der Waals surface area contributed by atoms with Crippen LogP contribution in [0.15, 0.2) is 48.7 Å². The van der Waals surface area contributed by atoms with E-state index < -0.39 is 23.6 Å². The fourth-order valence-corrected chi connectivity index (χ4v) is 2.73. The second-order valence-electron chi connectivity index (χ2n) is 6.16. The van der Waals surface area contributed by atoms with Crippen molar-refractivity contribution in [1.82, 2.24) is 9.78 Å². The van der Waals surface area contributed by atoms with Crippen molar-refractivity contribution in [2.75, 3.05) is 10.6 Å². The Labute approximate surface area is 157 Å². The maximum Gasteiger partial charge on any atom is 0.276 e. The number of halogens is 2. The number of rotatable bonds is 3. The average molecular weight is 384 g/mol. The van der Waals surface area contributed by atoms with Crippen molar-refractivity contribution in [3.8, 4) is 11.4 Å². The molecule has 0 aliphatic carbocycles. The van der Waals surface area contributed by atoms with Gasteiger partial charge in [-0.1, -0.05) is 0 Å². The van der Waals surface area contributed by atoms with Gasteiger partial charge in [0.25, 0.3) is 11.8 Å². The first-order chi connectivity index (χ1) is 13.4. The number of hydrogen-bond acceptors (Lipinski definition) is 4. The van der Waals surface area contributed by atoms with E-state index in [-0.39, 0.29) is 17.3 Å². The van der Waals surface area contributed by atoms with Crippen LogP contribution in [-0.4, -0.2) is 27.7 Å². The molecule has 1 atom stereocenters. The zero-order chi connectivity index (χ0) is 19.8. The zero-order valence-corrected chi connectivity index (χ0v) is 14.6. The van der Waals surface area contributed by atoms with Gasteiger partial charge in [-0.25, -0.2) is 13.5 Å². The number of benzene rings is 2. The van der Waals surface area contributed by atoms with Crippen molar-refractivity contribution in [2.45, 2.75) is 13.0 Å². The summed E-state index contributed by atoms with van der Waals surface area (Å²) in [5.41, 5.74) is 0.920. The van der Waals surface area contributed by atoms with Crippen LogP contribution < -0.4 is 15.4 Å². The molecule has 0 unspecified atom stereocenters. The number of carbonyl (C=O) groups is 2. The predicted molar refractivity (Wildman–Crippen MR) is 96.6 cm³/mol. The Balaban J connectivity index is 1.53. The number of nitrogens with zero attached hydrogens (tertiary/aromatic N) is 2. The minimum atomic E-state index is -0.797. The van der Waals surface area contributed by atoms with E-state index in [0.717, 1.165) is 16.8 Å². The van der Waals surface area contributed by atoms with E-state index in [1.807, 2.05) is 0 Å². The quantitative estimate of drug-likeness (QED) is 0.727. The molecule has 0 bridgehead atoms. The lowest BCUT2D eigenvalue weighted by atomic mass is 10.2. The first kappa shape index (κ1) is 17.7. The van der Waals surface area contributed by atoms with Crippen molar-refractivity contribution in [3.05, 3.63) is 66.0 Å². The average Bonchev–Trinajstić information content (AvgIpc) is 3.13. The Hall–Kier alpha value is -3.75. The van der Waals surface area contributed by atoms with Gasteiger partial charge in [0.2, 0.25) is 0 Å². The molecule has 0 spiro atoms.